The van der Waals surface area contributed by atoms with Crippen LogP contribution < -0.4 is 15.1 Å². The second kappa shape index (κ2) is 13.2. The van der Waals surface area contributed by atoms with Gasteiger partial charge in [0.1, 0.15) is 12.6 Å². The van der Waals surface area contributed by atoms with Crippen molar-refractivity contribution in [2.24, 2.45) is 12.0 Å². The molecule has 0 radical (unpaired) electrons. The predicted octanol–water partition coefficient (Wildman–Crippen LogP) is 3.45. The Hall–Kier alpha value is -5.16. The third-order valence-electron chi connectivity index (χ3n) is 6.99. The van der Waals surface area contributed by atoms with E-state index in [2.05, 4.69) is 15.6 Å². The number of hydrogen-bond donors (Lipinski definition) is 1. The van der Waals surface area contributed by atoms with Gasteiger partial charge < -0.3 is 15.3 Å². The van der Waals surface area contributed by atoms with Gasteiger partial charge in [-0.2, -0.15) is 0 Å². The van der Waals surface area contributed by atoms with Gasteiger partial charge in [-0.3, -0.25) is 19.0 Å². The van der Waals surface area contributed by atoms with Crippen molar-refractivity contribution in [1.29, 1.82) is 0 Å². The van der Waals surface area contributed by atoms with Crippen LogP contribution in [-0.4, -0.2) is 50.5 Å². The van der Waals surface area contributed by atoms with E-state index in [-0.39, 0.29) is 35.8 Å². The maximum atomic E-state index is 13.3. The third kappa shape index (κ3) is 6.84. The molecule has 0 aliphatic carbocycles. The molecule has 0 saturated carbocycles. The number of carbonyl (C=O) groups excluding carboxylic acids is 2. The molecule has 43 heavy (non-hydrogen) atoms. The minimum absolute atomic E-state index is 0.00570. The Morgan fingerprint density at radius 3 is 2.33 bits per heavy atom. The summed E-state index contributed by atoms with van der Waals surface area (Å²) in [5, 5.41) is 19.8. The van der Waals surface area contributed by atoms with Crippen LogP contribution in [0.2, 0.25) is 0 Å². The highest BCUT2D eigenvalue weighted by molar-refractivity contribution is 7.80. The molecule has 218 valence electrons. The number of aromatic nitrogens is 2. The number of anilines is 1. The Morgan fingerprint density at radius 1 is 1.05 bits per heavy atom. The highest BCUT2D eigenvalue weighted by atomic mass is 32.1. The van der Waals surface area contributed by atoms with Crippen LogP contribution in [0.4, 0.5) is 11.6 Å². The number of nitrogens with zero attached hydrogens (tertiary/aromatic N) is 5. The number of likely N-dealkylation sites (N-methyl/N-ethyl adjacent to an activating group) is 1. The van der Waals surface area contributed by atoms with Crippen LogP contribution in [0.1, 0.15) is 35.7 Å². The molecule has 11 heteroatoms. The molecule has 1 atom stereocenters. The molecule has 4 aromatic rings. The molecule has 0 spiro atoms. The number of aryl methyl sites for hydroxylation is 1. The van der Waals surface area contributed by atoms with Crippen molar-refractivity contribution in [1.82, 2.24) is 15.1 Å². The van der Waals surface area contributed by atoms with Crippen LogP contribution in [0.15, 0.2) is 94.4 Å². The van der Waals surface area contributed by atoms with E-state index in [4.69, 9.17) is 16.7 Å². The smallest absolute Gasteiger partial charge is 0.325 e. The fourth-order valence-corrected chi connectivity index (χ4v) is 5.09. The Morgan fingerprint density at radius 2 is 1.67 bits per heavy atom. The summed E-state index contributed by atoms with van der Waals surface area (Å²) in [6, 6.07) is 25.1. The van der Waals surface area contributed by atoms with Gasteiger partial charge in [-0.25, -0.2) is 4.99 Å². The summed E-state index contributed by atoms with van der Waals surface area (Å²) < 4.78 is 6.77. The average molecular weight is 595 g/mol. The Kier molecular flexibility index (Phi) is 9.02. The molecule has 5 rings (SSSR count). The molecule has 0 bridgehead atoms. The normalized spacial score (nSPS) is 15.5. The summed E-state index contributed by atoms with van der Waals surface area (Å²) in [6.45, 7) is 2.23. The maximum Gasteiger partial charge on any atom is 0.325 e. The number of benzene rings is 3. The largest absolute Gasteiger partial charge is 0.858 e. The zero-order chi connectivity index (χ0) is 30.3. The van der Waals surface area contributed by atoms with Gasteiger partial charge in [0.15, 0.2) is 12.2 Å². The lowest BCUT2D eigenvalue weighted by Crippen LogP contribution is -2.42. The third-order valence-corrected chi connectivity index (χ3v) is 7.45. The first-order chi connectivity index (χ1) is 20.8. The van der Waals surface area contributed by atoms with Crippen molar-refractivity contribution < 1.29 is 23.9 Å². The van der Waals surface area contributed by atoms with Crippen molar-refractivity contribution in [3.05, 3.63) is 107 Å². The number of hydrogen-bond acceptors (Lipinski definition) is 7. The molecular weight excluding hydrogens is 564 g/mol. The van der Waals surface area contributed by atoms with Gasteiger partial charge in [-0.05, 0) is 58.5 Å². The molecule has 1 fully saturated rings. The molecule has 1 aliphatic heterocycles. The molecule has 2 heterocycles. The van der Waals surface area contributed by atoms with Crippen LogP contribution in [0.3, 0.4) is 0 Å². The zero-order valence-corrected chi connectivity index (χ0v) is 24.5. The van der Waals surface area contributed by atoms with Gasteiger partial charge >= 0.3 is 5.88 Å². The minimum Gasteiger partial charge on any atom is -0.858 e. The summed E-state index contributed by atoms with van der Waals surface area (Å²) in [4.78, 5) is 33.7. The van der Waals surface area contributed by atoms with Gasteiger partial charge in [-0.15, -0.1) is 0 Å². The van der Waals surface area contributed by atoms with Crippen molar-refractivity contribution in [3.8, 4) is 0 Å². The summed E-state index contributed by atoms with van der Waals surface area (Å²) in [5.41, 5.74) is 3.51. The maximum absolute atomic E-state index is 13.3. The number of rotatable bonds is 10. The van der Waals surface area contributed by atoms with Crippen LogP contribution in [0.25, 0.3) is 12.2 Å². The summed E-state index contributed by atoms with van der Waals surface area (Å²) in [7, 11) is 1.64. The molecular formula is C32H30N6O4S. The molecule has 2 amide bonds. The van der Waals surface area contributed by atoms with Crippen LogP contribution in [0, 0.1) is 0 Å². The van der Waals surface area contributed by atoms with Crippen molar-refractivity contribution >= 4 is 58.8 Å². The van der Waals surface area contributed by atoms with E-state index in [0.717, 1.165) is 11.1 Å². The van der Waals surface area contributed by atoms with Crippen LogP contribution in [-0.2, 0) is 23.2 Å². The predicted molar refractivity (Wildman–Crippen MR) is 165 cm³/mol. The van der Waals surface area contributed by atoms with E-state index in [1.165, 1.54) is 9.58 Å². The Labute approximate surface area is 254 Å². The van der Waals surface area contributed by atoms with Gasteiger partial charge in [0.2, 0.25) is 11.2 Å². The quantitative estimate of drug-likeness (QED) is 0.0983. The summed E-state index contributed by atoms with van der Waals surface area (Å²) in [5.74, 6) is -1.10. The van der Waals surface area contributed by atoms with Crippen LogP contribution in [0.5, 0.6) is 0 Å². The summed E-state index contributed by atoms with van der Waals surface area (Å²) in [6.07, 6.45) is 3.88. The van der Waals surface area contributed by atoms with E-state index in [9.17, 15) is 14.7 Å². The van der Waals surface area contributed by atoms with E-state index < -0.39 is 11.9 Å². The summed E-state index contributed by atoms with van der Waals surface area (Å²) >= 11 is 5.63. The number of aliphatic imine (C=N–C) groups is 1. The first kappa shape index (κ1) is 29.3. The van der Waals surface area contributed by atoms with E-state index >= 15 is 0 Å². The fourth-order valence-electron chi connectivity index (χ4n) is 4.68. The molecule has 1 aromatic heterocycles. The molecule has 1 unspecified atom stereocenters. The van der Waals surface area contributed by atoms with Crippen LogP contribution >= 0.6 is 12.2 Å². The number of amides is 2. The number of carbonyl (C=O) groups is 2. The van der Waals surface area contributed by atoms with E-state index in [0.29, 0.717) is 23.5 Å². The number of nitrogens with one attached hydrogen (secondary N) is 1. The first-order valence-electron chi connectivity index (χ1n) is 13.7. The molecule has 1 N–H and O–H groups in total. The van der Waals surface area contributed by atoms with Crippen molar-refractivity contribution in [2.45, 2.75) is 25.9 Å². The Bertz CT molecular complexity index is 1670. The number of thiocarbonyl (C=S) groups is 1. The lowest BCUT2D eigenvalue weighted by atomic mass is 10.1. The van der Waals surface area contributed by atoms with E-state index in [1.54, 1.807) is 42.3 Å². The topological polar surface area (TPSA) is 118 Å². The SMILES string of the molecule is CCN1C(=O)C(CC(=O)Nc2ccc(/C=C/c3ccccc3)cc2)N(Cc2c(/N=C(\[O-])c3ccccc3)on[n+]2C)C1=S. The lowest BCUT2D eigenvalue weighted by molar-refractivity contribution is -0.746. The van der Waals surface area contributed by atoms with Gasteiger partial charge in [0, 0.05) is 12.2 Å². The van der Waals surface area contributed by atoms with Gasteiger partial charge in [0.05, 0.1) is 6.42 Å². The molecule has 1 aliphatic rings. The second-order valence-corrected chi connectivity index (χ2v) is 10.2. The van der Waals surface area contributed by atoms with Gasteiger partial charge in [0.25, 0.3) is 11.6 Å². The standard InChI is InChI=1S/C32H30N6O4S/c1-3-37-31(41)26(20-28(39)33-25-18-16-23(17-19-25)15-14-22-10-6-4-7-11-22)38(32(37)43)21-27-30(42-35-36(27)2)34-29(40)24-12-8-5-9-13-24/h4-19,26H,3,20-21H2,1-2H3,(H-,33,34,35,39,40)/b15-14+. The van der Waals surface area contributed by atoms with E-state index in [1.807, 2.05) is 73.7 Å². The minimum atomic E-state index is -0.854. The fraction of sp³-hybridized carbons (Fsp3) is 0.188. The second-order valence-electron chi connectivity index (χ2n) is 9.86. The molecule has 1 saturated heterocycles. The highest BCUT2D eigenvalue weighted by Crippen LogP contribution is 2.26. The monoisotopic (exact) mass is 594 g/mol. The van der Waals surface area contributed by atoms with Crippen molar-refractivity contribution in [3.63, 3.8) is 0 Å². The van der Waals surface area contributed by atoms with Crippen molar-refractivity contribution in [2.75, 3.05) is 11.9 Å². The first-order valence-corrected chi connectivity index (χ1v) is 14.2. The molecule has 3 aromatic carbocycles. The highest BCUT2D eigenvalue weighted by Gasteiger charge is 2.44. The lowest BCUT2D eigenvalue weighted by Gasteiger charge is -2.21. The average Bonchev–Trinajstić information content (AvgIpc) is 3.47. The Balaban J connectivity index is 1.30. The van der Waals surface area contributed by atoms with Gasteiger partial charge in [-0.1, -0.05) is 84.9 Å². The zero-order valence-electron chi connectivity index (χ0n) is 23.7. The molecule has 10 nitrogen and oxygen atoms in total.